The number of carbonyl (C=O) groups is 1. The Morgan fingerprint density at radius 1 is 1.11 bits per heavy atom. The van der Waals surface area contributed by atoms with Gasteiger partial charge in [0.1, 0.15) is 23.3 Å². The number of ether oxygens (including phenoxy) is 3. The molecule has 1 atom stereocenters. The Kier molecular flexibility index (Phi) is 9.96. The number of piperazine rings is 1. The van der Waals surface area contributed by atoms with Crippen molar-refractivity contribution in [1.82, 2.24) is 4.90 Å². The smallest absolute Gasteiger partial charge is 0.409 e. The predicted molar refractivity (Wildman–Crippen MR) is 141 cm³/mol. The molecule has 0 aliphatic carbocycles. The average molecular weight is 515 g/mol. The zero-order chi connectivity index (χ0) is 26.1. The van der Waals surface area contributed by atoms with Crippen LogP contribution in [0.1, 0.15) is 31.4 Å². The summed E-state index contributed by atoms with van der Waals surface area (Å²) >= 11 is -1.29. The normalized spacial score (nSPS) is 14.1. The van der Waals surface area contributed by atoms with Crippen LogP contribution in [0.2, 0.25) is 0 Å². The predicted octanol–water partition coefficient (Wildman–Crippen LogP) is 3.93. The van der Waals surface area contributed by atoms with Crippen LogP contribution in [-0.2, 0) is 22.6 Å². The van der Waals surface area contributed by atoms with Gasteiger partial charge in [-0.2, -0.15) is 9.57 Å². The van der Waals surface area contributed by atoms with Crippen molar-refractivity contribution in [2.45, 2.75) is 26.8 Å². The summed E-state index contributed by atoms with van der Waals surface area (Å²) in [5.41, 5.74) is 2.86. The summed E-state index contributed by atoms with van der Waals surface area (Å²) in [5.74, 6) is 1.82. The van der Waals surface area contributed by atoms with Gasteiger partial charge in [0.2, 0.25) is 0 Å². The summed E-state index contributed by atoms with van der Waals surface area (Å²) in [6.07, 6.45) is 0.451. The highest BCUT2D eigenvalue weighted by molar-refractivity contribution is 7.92. The Morgan fingerprint density at radius 2 is 1.86 bits per heavy atom. The molecule has 1 saturated heterocycles. The minimum absolute atomic E-state index is 0.309. The number of carbonyl (C=O) groups excluding carboxylic acids is 1. The van der Waals surface area contributed by atoms with Crippen molar-refractivity contribution in [3.05, 3.63) is 47.5 Å². The van der Waals surface area contributed by atoms with Crippen molar-refractivity contribution in [1.29, 1.82) is 5.26 Å². The lowest BCUT2D eigenvalue weighted by molar-refractivity contribution is 0.105. The van der Waals surface area contributed by atoms with Crippen molar-refractivity contribution in [2.24, 2.45) is 0 Å². The third kappa shape index (κ3) is 6.47. The molecule has 1 heterocycles. The van der Waals surface area contributed by atoms with Crippen molar-refractivity contribution in [2.75, 3.05) is 62.0 Å². The lowest BCUT2D eigenvalue weighted by Crippen LogP contribution is -2.49. The van der Waals surface area contributed by atoms with Crippen molar-refractivity contribution in [3.8, 4) is 17.6 Å². The molecular weight excluding hydrogens is 480 g/mol. The fourth-order valence-electron chi connectivity index (χ4n) is 4.09. The van der Waals surface area contributed by atoms with Crippen LogP contribution in [0.15, 0.2) is 36.4 Å². The van der Waals surface area contributed by atoms with Crippen molar-refractivity contribution >= 4 is 28.8 Å². The van der Waals surface area contributed by atoms with Gasteiger partial charge in [-0.15, -0.1) is 0 Å². The molecule has 194 valence electrons. The summed E-state index contributed by atoms with van der Waals surface area (Å²) < 4.78 is 31.0. The number of amides is 1. The number of rotatable bonds is 10. The van der Waals surface area contributed by atoms with Crippen LogP contribution >= 0.6 is 0 Å². The zero-order valence-electron chi connectivity index (χ0n) is 21.4. The van der Waals surface area contributed by atoms with Gasteiger partial charge in [-0.05, 0) is 43.7 Å². The molecule has 0 bridgehead atoms. The van der Waals surface area contributed by atoms with E-state index in [-0.39, 0.29) is 6.09 Å². The number of hydrogen-bond acceptors (Lipinski definition) is 8. The fourth-order valence-corrected chi connectivity index (χ4v) is 5.29. The van der Waals surface area contributed by atoms with E-state index in [4.69, 9.17) is 14.2 Å². The number of nitriles is 1. The minimum atomic E-state index is -1.29. The first kappa shape index (κ1) is 27.3. The third-order valence-corrected chi connectivity index (χ3v) is 7.56. The molecule has 1 amide bonds. The molecule has 1 unspecified atom stereocenters. The third-order valence-electron chi connectivity index (χ3n) is 5.97. The van der Waals surface area contributed by atoms with E-state index in [0.717, 1.165) is 17.7 Å². The first-order chi connectivity index (χ1) is 17.4. The van der Waals surface area contributed by atoms with E-state index in [1.54, 1.807) is 42.5 Å². The lowest BCUT2D eigenvalue weighted by Gasteiger charge is -2.36. The molecule has 1 aliphatic heterocycles. The molecular formula is C26H34N4O5S. The number of anilines is 2. The molecule has 0 aromatic heterocycles. The standard InChI is InChI=1S/C26H34N4O5S/c1-5-15-36(32)30(19-20-7-9-23(33-3)17-25(20)34-4)22-8-10-24(21(16-22)18-27)28-11-13-29(14-12-28)26(31)35-6-2/h7-10,16-17H,5-6,11-15,19H2,1-4H3. The summed E-state index contributed by atoms with van der Waals surface area (Å²) in [5, 5.41) is 9.95. The summed E-state index contributed by atoms with van der Waals surface area (Å²) in [6.45, 7) is 6.72. The van der Waals surface area contributed by atoms with Gasteiger partial charge in [-0.1, -0.05) is 6.92 Å². The minimum Gasteiger partial charge on any atom is -0.593 e. The monoisotopic (exact) mass is 514 g/mol. The molecule has 9 nitrogen and oxygen atoms in total. The van der Waals surface area contributed by atoms with Gasteiger partial charge in [-0.3, -0.25) is 0 Å². The molecule has 1 aliphatic rings. The molecule has 0 spiro atoms. The van der Waals surface area contributed by atoms with Crippen LogP contribution in [-0.4, -0.2) is 68.3 Å². The Labute approximate surface area is 216 Å². The molecule has 2 aromatic rings. The Hall–Kier alpha value is -3.29. The van der Waals surface area contributed by atoms with Crippen LogP contribution in [0, 0.1) is 11.3 Å². The molecule has 2 aromatic carbocycles. The van der Waals surface area contributed by atoms with Gasteiger partial charge in [-0.25, -0.2) is 4.79 Å². The lowest BCUT2D eigenvalue weighted by atomic mass is 10.1. The topological polar surface area (TPSA) is 101 Å². The van der Waals surface area contributed by atoms with E-state index < -0.39 is 11.4 Å². The van der Waals surface area contributed by atoms with Crippen molar-refractivity contribution in [3.63, 3.8) is 0 Å². The maximum atomic E-state index is 13.2. The number of nitrogens with zero attached hydrogens (tertiary/aromatic N) is 4. The maximum absolute atomic E-state index is 13.2. The highest BCUT2D eigenvalue weighted by atomic mass is 32.2. The molecule has 3 rings (SSSR count). The van der Waals surface area contributed by atoms with E-state index in [1.165, 1.54) is 0 Å². The first-order valence-corrected chi connectivity index (χ1v) is 13.3. The Morgan fingerprint density at radius 3 is 2.47 bits per heavy atom. The first-order valence-electron chi connectivity index (χ1n) is 12.0. The van der Waals surface area contributed by atoms with Gasteiger partial charge >= 0.3 is 6.09 Å². The fraction of sp³-hybridized carbons (Fsp3) is 0.462. The number of benzene rings is 2. The molecule has 36 heavy (non-hydrogen) atoms. The second-order valence-electron chi connectivity index (χ2n) is 8.23. The van der Waals surface area contributed by atoms with Crippen LogP contribution in [0.4, 0.5) is 16.2 Å². The Bertz CT molecular complexity index is 1070. The van der Waals surface area contributed by atoms with Gasteiger partial charge in [0, 0.05) is 37.8 Å². The van der Waals surface area contributed by atoms with Gasteiger partial charge in [0.15, 0.2) is 0 Å². The van der Waals surface area contributed by atoms with Crippen molar-refractivity contribution < 1.29 is 23.6 Å². The molecule has 0 N–H and O–H groups in total. The Balaban J connectivity index is 1.85. The van der Waals surface area contributed by atoms with Crippen LogP contribution < -0.4 is 18.7 Å². The second-order valence-corrected chi connectivity index (χ2v) is 9.72. The number of hydrogen-bond donors (Lipinski definition) is 0. The number of methoxy groups -OCH3 is 2. The highest BCUT2D eigenvalue weighted by Crippen LogP contribution is 2.32. The second kappa shape index (κ2) is 13.1. The maximum Gasteiger partial charge on any atom is 0.409 e. The summed E-state index contributed by atoms with van der Waals surface area (Å²) in [7, 11) is 3.19. The molecule has 0 saturated carbocycles. The van der Waals surface area contributed by atoms with E-state index in [9.17, 15) is 14.6 Å². The van der Waals surface area contributed by atoms with Crippen LogP contribution in [0.5, 0.6) is 11.5 Å². The molecule has 1 fully saturated rings. The van der Waals surface area contributed by atoms with Crippen LogP contribution in [0.25, 0.3) is 0 Å². The van der Waals surface area contributed by atoms with Gasteiger partial charge < -0.3 is 28.6 Å². The van der Waals surface area contributed by atoms with Gasteiger partial charge in [0.25, 0.3) is 0 Å². The zero-order valence-corrected chi connectivity index (χ0v) is 22.2. The largest absolute Gasteiger partial charge is 0.593 e. The van der Waals surface area contributed by atoms with E-state index in [0.29, 0.717) is 67.8 Å². The average Bonchev–Trinajstić information content (AvgIpc) is 2.91. The SMILES string of the molecule is CCC[S+]([O-])N(Cc1ccc(OC)cc1OC)c1ccc(N2CCN(C(=O)OCC)CC2)c(C#N)c1. The highest BCUT2D eigenvalue weighted by Gasteiger charge is 2.26. The van der Waals surface area contributed by atoms with Crippen LogP contribution in [0.3, 0.4) is 0 Å². The molecule has 0 radical (unpaired) electrons. The van der Waals surface area contributed by atoms with E-state index in [1.807, 2.05) is 31.2 Å². The van der Waals surface area contributed by atoms with E-state index in [2.05, 4.69) is 11.0 Å². The summed E-state index contributed by atoms with van der Waals surface area (Å²) in [6, 6.07) is 13.4. The molecule has 10 heteroatoms. The van der Waals surface area contributed by atoms with E-state index >= 15 is 0 Å². The quantitative estimate of drug-likeness (QED) is 0.440. The van der Waals surface area contributed by atoms with Gasteiger partial charge in [0.05, 0.1) is 55.7 Å². The summed E-state index contributed by atoms with van der Waals surface area (Å²) in [4.78, 5) is 15.8.